The molecule has 6 heteroatoms. The predicted octanol–water partition coefficient (Wildman–Crippen LogP) is 4.92. The molecule has 0 radical (unpaired) electrons. The number of para-hydroxylation sites is 1. The van der Waals surface area contributed by atoms with Crippen molar-refractivity contribution >= 4 is 5.78 Å². The third kappa shape index (κ3) is 4.48. The van der Waals surface area contributed by atoms with Crippen molar-refractivity contribution in [1.82, 2.24) is 0 Å². The topological polar surface area (TPSA) is 107 Å². The van der Waals surface area contributed by atoms with Crippen molar-refractivity contribution in [2.24, 2.45) is 0 Å². The second-order valence-electron chi connectivity index (χ2n) is 7.31. The first-order valence-electron chi connectivity index (χ1n) is 9.75. The minimum absolute atomic E-state index is 0.0918. The van der Waals surface area contributed by atoms with E-state index < -0.39 is 17.3 Å². The molecule has 3 rings (SSSR count). The number of ketones is 1. The molecule has 0 heterocycles. The van der Waals surface area contributed by atoms with Crippen LogP contribution in [-0.2, 0) is 6.42 Å². The van der Waals surface area contributed by atoms with Crippen molar-refractivity contribution in [2.75, 3.05) is 6.61 Å². The largest absolute Gasteiger partial charge is 0.508 e. The average Bonchev–Trinajstić information content (AvgIpc) is 2.71. The molecular weight excluding hydrogens is 396 g/mol. The van der Waals surface area contributed by atoms with Crippen molar-refractivity contribution in [1.29, 1.82) is 0 Å². The summed E-state index contributed by atoms with van der Waals surface area (Å²) in [4.78, 5) is 13.0. The number of hydrogen-bond acceptors (Lipinski definition) is 6. The van der Waals surface area contributed by atoms with Gasteiger partial charge in [0.15, 0.2) is 5.78 Å². The van der Waals surface area contributed by atoms with E-state index in [9.17, 15) is 25.2 Å². The van der Waals surface area contributed by atoms with Crippen molar-refractivity contribution in [2.45, 2.75) is 20.3 Å². The molecule has 4 N–H and O–H groups in total. The van der Waals surface area contributed by atoms with Crippen LogP contribution in [0, 0.1) is 0 Å². The number of phenols is 4. The van der Waals surface area contributed by atoms with E-state index in [1.165, 1.54) is 18.2 Å². The monoisotopic (exact) mass is 420 g/mol. The summed E-state index contributed by atoms with van der Waals surface area (Å²) in [5, 5.41) is 40.4. The minimum Gasteiger partial charge on any atom is -0.508 e. The number of ether oxygens (including phenoxy) is 1. The van der Waals surface area contributed by atoms with Crippen LogP contribution in [0.2, 0.25) is 0 Å². The summed E-state index contributed by atoms with van der Waals surface area (Å²) in [6.45, 7) is 7.96. The van der Waals surface area contributed by atoms with Gasteiger partial charge in [0.25, 0.3) is 0 Å². The lowest BCUT2D eigenvalue weighted by molar-refractivity contribution is 0.103. The lowest BCUT2D eigenvalue weighted by Crippen LogP contribution is -2.04. The van der Waals surface area contributed by atoms with Gasteiger partial charge in [-0.1, -0.05) is 31.7 Å². The molecule has 0 aliphatic heterocycles. The van der Waals surface area contributed by atoms with Gasteiger partial charge in [-0.15, -0.1) is 0 Å². The molecule has 0 saturated carbocycles. The number of aryl methyl sites for hydroxylation is 1. The minimum atomic E-state index is -0.660. The molecule has 0 aliphatic carbocycles. The van der Waals surface area contributed by atoms with Gasteiger partial charge in [-0.2, -0.15) is 0 Å². The van der Waals surface area contributed by atoms with E-state index in [2.05, 4.69) is 6.58 Å². The Hall–Kier alpha value is -3.93. The van der Waals surface area contributed by atoms with Crippen LogP contribution < -0.4 is 4.74 Å². The molecule has 0 amide bonds. The molecule has 6 nitrogen and oxygen atoms in total. The second kappa shape index (κ2) is 8.83. The highest BCUT2D eigenvalue weighted by atomic mass is 16.5. The number of aromatic hydroxyl groups is 4. The highest BCUT2D eigenvalue weighted by Gasteiger charge is 2.22. The highest BCUT2D eigenvalue weighted by Crippen LogP contribution is 2.42. The lowest BCUT2D eigenvalue weighted by Gasteiger charge is -2.17. The number of hydrogen-bond donors (Lipinski definition) is 4. The predicted molar refractivity (Wildman–Crippen MR) is 118 cm³/mol. The van der Waals surface area contributed by atoms with Gasteiger partial charge in [-0.05, 0) is 42.7 Å². The standard InChI is InChI=1S/C25H24O6/c1-4-15-6-5-7-17(25(15)31-13-14(2)3)19-11-20(23(29)12-22(19)28)24(30)18-9-8-16(26)10-21(18)27/h5-12,26-29H,2,4,13H2,1,3H3. The van der Waals surface area contributed by atoms with E-state index in [4.69, 9.17) is 4.74 Å². The molecule has 0 saturated heterocycles. The Morgan fingerprint density at radius 1 is 0.903 bits per heavy atom. The SMILES string of the molecule is C=C(C)COc1c(CC)cccc1-c1cc(C(=O)c2ccc(O)cc2O)c(O)cc1O. The van der Waals surface area contributed by atoms with Crippen molar-refractivity contribution in [3.63, 3.8) is 0 Å². The third-order valence-corrected chi connectivity index (χ3v) is 4.82. The van der Waals surface area contributed by atoms with Gasteiger partial charge in [0, 0.05) is 23.3 Å². The van der Waals surface area contributed by atoms with Gasteiger partial charge in [0.2, 0.25) is 0 Å². The van der Waals surface area contributed by atoms with E-state index in [-0.39, 0.29) is 29.2 Å². The van der Waals surface area contributed by atoms with Crippen LogP contribution in [0.15, 0.2) is 60.7 Å². The summed E-state index contributed by atoms with van der Waals surface area (Å²) in [6.07, 6.45) is 0.686. The van der Waals surface area contributed by atoms with Gasteiger partial charge >= 0.3 is 0 Å². The Kier molecular flexibility index (Phi) is 6.20. The Bertz CT molecular complexity index is 1160. The molecule has 0 bridgehead atoms. The molecule has 31 heavy (non-hydrogen) atoms. The fraction of sp³-hybridized carbons (Fsp3) is 0.160. The van der Waals surface area contributed by atoms with E-state index in [0.717, 1.165) is 23.3 Å². The number of carbonyl (C=O) groups excluding carboxylic acids is 1. The first-order chi connectivity index (χ1) is 14.7. The molecule has 0 unspecified atom stereocenters. The maximum atomic E-state index is 13.0. The van der Waals surface area contributed by atoms with Gasteiger partial charge in [-0.25, -0.2) is 0 Å². The molecule has 0 fully saturated rings. The van der Waals surface area contributed by atoms with E-state index in [1.54, 1.807) is 6.07 Å². The molecular formula is C25H24O6. The van der Waals surface area contributed by atoms with Crippen molar-refractivity contribution in [3.05, 3.63) is 77.4 Å². The van der Waals surface area contributed by atoms with Crippen molar-refractivity contribution in [3.8, 4) is 39.9 Å². The summed E-state index contributed by atoms with van der Waals surface area (Å²) < 4.78 is 5.95. The first-order valence-corrected chi connectivity index (χ1v) is 9.75. The molecule has 0 spiro atoms. The molecule has 3 aromatic carbocycles. The fourth-order valence-electron chi connectivity index (χ4n) is 3.27. The second-order valence-corrected chi connectivity index (χ2v) is 7.31. The fourth-order valence-corrected chi connectivity index (χ4v) is 3.27. The maximum absolute atomic E-state index is 13.0. The summed E-state index contributed by atoms with van der Waals surface area (Å²) in [7, 11) is 0. The number of phenolic OH excluding ortho intramolecular Hbond substituents is 4. The summed E-state index contributed by atoms with van der Waals surface area (Å²) in [5.74, 6) is -1.38. The summed E-state index contributed by atoms with van der Waals surface area (Å²) >= 11 is 0. The van der Waals surface area contributed by atoms with Crippen LogP contribution in [0.1, 0.15) is 35.3 Å². The van der Waals surface area contributed by atoms with Crippen LogP contribution in [0.25, 0.3) is 11.1 Å². The molecule has 0 atom stereocenters. The zero-order valence-electron chi connectivity index (χ0n) is 17.3. The van der Waals surface area contributed by atoms with Crippen LogP contribution in [0.4, 0.5) is 0 Å². The van der Waals surface area contributed by atoms with Crippen LogP contribution >= 0.6 is 0 Å². The van der Waals surface area contributed by atoms with E-state index in [1.807, 2.05) is 26.0 Å². The molecule has 0 aliphatic rings. The lowest BCUT2D eigenvalue weighted by atomic mass is 9.94. The Morgan fingerprint density at radius 3 is 2.26 bits per heavy atom. The molecule has 160 valence electrons. The van der Waals surface area contributed by atoms with Crippen LogP contribution in [0.3, 0.4) is 0 Å². The van der Waals surface area contributed by atoms with Gasteiger partial charge in [-0.3, -0.25) is 4.79 Å². The Morgan fingerprint density at radius 2 is 1.61 bits per heavy atom. The zero-order valence-corrected chi connectivity index (χ0v) is 17.3. The third-order valence-electron chi connectivity index (χ3n) is 4.82. The van der Waals surface area contributed by atoms with Gasteiger partial charge < -0.3 is 25.2 Å². The quantitative estimate of drug-likeness (QED) is 0.319. The average molecular weight is 420 g/mol. The first kappa shape index (κ1) is 21.8. The Labute approximate surface area is 180 Å². The number of benzene rings is 3. The van der Waals surface area contributed by atoms with E-state index in [0.29, 0.717) is 23.3 Å². The summed E-state index contributed by atoms with van der Waals surface area (Å²) in [6, 6.07) is 11.5. The Balaban J connectivity index is 2.16. The van der Waals surface area contributed by atoms with E-state index >= 15 is 0 Å². The van der Waals surface area contributed by atoms with Crippen LogP contribution in [0.5, 0.6) is 28.7 Å². The number of carbonyl (C=O) groups is 1. The van der Waals surface area contributed by atoms with Gasteiger partial charge in [0.1, 0.15) is 35.4 Å². The maximum Gasteiger partial charge on any atom is 0.200 e. The highest BCUT2D eigenvalue weighted by molar-refractivity contribution is 6.13. The summed E-state index contributed by atoms with van der Waals surface area (Å²) in [5.41, 5.74) is 2.39. The van der Waals surface area contributed by atoms with Crippen LogP contribution in [-0.4, -0.2) is 32.8 Å². The number of rotatable bonds is 7. The smallest absolute Gasteiger partial charge is 0.200 e. The molecule has 3 aromatic rings. The molecule has 0 aromatic heterocycles. The van der Waals surface area contributed by atoms with Gasteiger partial charge in [0.05, 0.1) is 11.1 Å². The normalized spacial score (nSPS) is 10.6. The van der Waals surface area contributed by atoms with Crippen molar-refractivity contribution < 1.29 is 30.0 Å². The zero-order chi connectivity index (χ0) is 22.7.